The van der Waals surface area contributed by atoms with E-state index in [0.717, 1.165) is 11.3 Å². The van der Waals surface area contributed by atoms with Gasteiger partial charge in [0.15, 0.2) is 5.11 Å². The molecule has 20 heavy (non-hydrogen) atoms. The van der Waals surface area contributed by atoms with Crippen molar-refractivity contribution >= 4 is 29.2 Å². The highest BCUT2D eigenvalue weighted by Gasteiger charge is 2.02. The molecule has 0 spiro atoms. The number of nitrogens with zero attached hydrogens (tertiary/aromatic N) is 2. The smallest absolute Gasteiger partial charge is 0.191 e. The van der Waals surface area contributed by atoms with Gasteiger partial charge in [-0.15, -0.1) is 0 Å². The van der Waals surface area contributed by atoms with Crippen LogP contribution >= 0.6 is 12.2 Å². The molecule has 1 aromatic heterocycles. The van der Waals surface area contributed by atoms with E-state index in [-0.39, 0.29) is 0 Å². The molecule has 0 atom stereocenters. The molecule has 6 heteroatoms. The highest BCUT2D eigenvalue weighted by molar-refractivity contribution is 7.80. The molecule has 2 aromatic rings. The first-order valence-corrected chi connectivity index (χ1v) is 6.33. The third-order valence-corrected chi connectivity index (χ3v) is 2.61. The summed E-state index contributed by atoms with van der Waals surface area (Å²) >= 11 is 5.15. The lowest BCUT2D eigenvalue weighted by Crippen LogP contribution is -2.24. The Balaban J connectivity index is 1.91. The van der Waals surface area contributed by atoms with Crippen LogP contribution in [0.4, 0.5) is 5.69 Å². The summed E-state index contributed by atoms with van der Waals surface area (Å²) in [5.41, 5.74) is 4.41. The van der Waals surface area contributed by atoms with Gasteiger partial charge < -0.3 is 10.1 Å². The Labute approximate surface area is 122 Å². The third kappa shape index (κ3) is 4.03. The summed E-state index contributed by atoms with van der Waals surface area (Å²) in [4.78, 5) is 3.99. The molecule has 1 aromatic carbocycles. The van der Waals surface area contributed by atoms with Crippen molar-refractivity contribution in [3.63, 3.8) is 0 Å². The van der Waals surface area contributed by atoms with Gasteiger partial charge in [-0.3, -0.25) is 10.4 Å². The third-order valence-electron chi connectivity index (χ3n) is 2.42. The average molecular weight is 286 g/mol. The number of hydrogen-bond acceptors (Lipinski definition) is 4. The van der Waals surface area contributed by atoms with Crippen LogP contribution in [-0.2, 0) is 0 Å². The minimum atomic E-state index is 0.384. The molecule has 0 aliphatic heterocycles. The predicted octanol–water partition coefficient (Wildman–Crippen LogP) is 2.41. The molecule has 0 radical (unpaired) electrons. The number of hydrogen-bond donors (Lipinski definition) is 2. The molecule has 0 fully saturated rings. The Hall–Kier alpha value is -2.47. The van der Waals surface area contributed by atoms with Crippen molar-refractivity contribution in [2.75, 3.05) is 12.4 Å². The number of para-hydroxylation sites is 2. The second-order valence-electron chi connectivity index (χ2n) is 3.81. The number of aromatic nitrogens is 1. The predicted molar refractivity (Wildman–Crippen MR) is 84.2 cm³/mol. The molecule has 2 rings (SSSR count). The van der Waals surface area contributed by atoms with E-state index in [1.54, 1.807) is 25.7 Å². The monoisotopic (exact) mass is 286 g/mol. The standard InChI is InChI=1S/C14H14N4OS/c1-19-13-7-3-2-6-12(13)17-14(20)18-16-10-11-5-4-8-15-9-11/h2-10H,1H3,(H2,17,18,20)/b16-10+. The second-order valence-corrected chi connectivity index (χ2v) is 4.22. The summed E-state index contributed by atoms with van der Waals surface area (Å²) in [6.07, 6.45) is 5.06. The van der Waals surface area contributed by atoms with Crippen molar-refractivity contribution < 1.29 is 4.74 Å². The van der Waals surface area contributed by atoms with E-state index in [1.165, 1.54) is 0 Å². The molecule has 0 unspecified atom stereocenters. The number of nitrogens with one attached hydrogen (secondary N) is 2. The molecular formula is C14H14N4OS. The SMILES string of the molecule is COc1ccccc1NC(=S)N/N=C/c1cccnc1. The molecule has 5 nitrogen and oxygen atoms in total. The number of rotatable bonds is 4. The van der Waals surface area contributed by atoms with Gasteiger partial charge in [-0.25, -0.2) is 0 Å². The fourth-order valence-corrected chi connectivity index (χ4v) is 1.68. The highest BCUT2D eigenvalue weighted by atomic mass is 32.1. The van der Waals surface area contributed by atoms with Gasteiger partial charge >= 0.3 is 0 Å². The van der Waals surface area contributed by atoms with Crippen LogP contribution < -0.4 is 15.5 Å². The Kier molecular flexibility index (Phi) is 5.02. The molecule has 0 amide bonds. The van der Waals surface area contributed by atoms with Crippen molar-refractivity contribution in [2.45, 2.75) is 0 Å². The Morgan fingerprint density at radius 1 is 1.30 bits per heavy atom. The van der Waals surface area contributed by atoms with E-state index in [4.69, 9.17) is 17.0 Å². The quantitative estimate of drug-likeness (QED) is 0.513. The highest BCUT2D eigenvalue weighted by Crippen LogP contribution is 2.22. The first-order chi connectivity index (χ1) is 9.79. The summed E-state index contributed by atoms with van der Waals surface area (Å²) in [6.45, 7) is 0. The van der Waals surface area contributed by atoms with Crippen LogP contribution in [0.5, 0.6) is 5.75 Å². The van der Waals surface area contributed by atoms with E-state index >= 15 is 0 Å². The van der Waals surface area contributed by atoms with Crippen molar-refractivity contribution in [2.24, 2.45) is 5.10 Å². The second kappa shape index (κ2) is 7.20. The van der Waals surface area contributed by atoms with Gasteiger partial charge in [0, 0.05) is 18.0 Å². The largest absolute Gasteiger partial charge is 0.495 e. The van der Waals surface area contributed by atoms with Crippen molar-refractivity contribution in [1.29, 1.82) is 0 Å². The zero-order valence-electron chi connectivity index (χ0n) is 10.9. The summed E-state index contributed by atoms with van der Waals surface area (Å²) < 4.78 is 5.22. The summed E-state index contributed by atoms with van der Waals surface area (Å²) in [5, 5.41) is 7.43. The summed E-state index contributed by atoms with van der Waals surface area (Å²) in [6, 6.07) is 11.2. The number of hydrazone groups is 1. The van der Waals surface area contributed by atoms with Crippen molar-refractivity contribution in [3.8, 4) is 5.75 Å². The van der Waals surface area contributed by atoms with Crippen LogP contribution in [0.15, 0.2) is 53.9 Å². The van der Waals surface area contributed by atoms with E-state index in [2.05, 4.69) is 20.8 Å². The Morgan fingerprint density at radius 3 is 2.90 bits per heavy atom. The van der Waals surface area contributed by atoms with Gasteiger partial charge in [0.25, 0.3) is 0 Å². The topological polar surface area (TPSA) is 58.5 Å². The van der Waals surface area contributed by atoms with E-state index in [1.807, 2.05) is 36.4 Å². The number of anilines is 1. The minimum Gasteiger partial charge on any atom is -0.495 e. The lowest BCUT2D eigenvalue weighted by atomic mass is 10.3. The maximum Gasteiger partial charge on any atom is 0.191 e. The Morgan fingerprint density at radius 2 is 2.15 bits per heavy atom. The molecule has 0 aliphatic carbocycles. The van der Waals surface area contributed by atoms with Gasteiger partial charge in [-0.1, -0.05) is 18.2 Å². The minimum absolute atomic E-state index is 0.384. The van der Waals surface area contributed by atoms with Crippen LogP contribution in [0.2, 0.25) is 0 Å². The van der Waals surface area contributed by atoms with Crippen molar-refractivity contribution in [3.05, 3.63) is 54.4 Å². The zero-order chi connectivity index (χ0) is 14.2. The molecule has 0 saturated carbocycles. The van der Waals surface area contributed by atoms with Crippen LogP contribution in [-0.4, -0.2) is 23.4 Å². The van der Waals surface area contributed by atoms with Crippen LogP contribution in [0.1, 0.15) is 5.56 Å². The fourth-order valence-electron chi connectivity index (χ4n) is 1.52. The first-order valence-electron chi connectivity index (χ1n) is 5.92. The molecule has 0 bridgehead atoms. The molecular weight excluding hydrogens is 272 g/mol. The lowest BCUT2D eigenvalue weighted by Gasteiger charge is -2.10. The van der Waals surface area contributed by atoms with Gasteiger partial charge in [-0.2, -0.15) is 5.10 Å². The first kappa shape index (κ1) is 14.0. The summed E-state index contributed by atoms with van der Waals surface area (Å²) in [5.74, 6) is 0.716. The fraction of sp³-hybridized carbons (Fsp3) is 0.0714. The lowest BCUT2D eigenvalue weighted by molar-refractivity contribution is 0.417. The number of benzene rings is 1. The molecule has 2 N–H and O–H groups in total. The maximum absolute atomic E-state index is 5.22. The number of thiocarbonyl (C=S) groups is 1. The molecule has 1 heterocycles. The van der Waals surface area contributed by atoms with Crippen LogP contribution in [0.3, 0.4) is 0 Å². The molecule has 102 valence electrons. The van der Waals surface area contributed by atoms with Gasteiger partial charge in [0.2, 0.25) is 0 Å². The van der Waals surface area contributed by atoms with E-state index in [0.29, 0.717) is 10.9 Å². The van der Waals surface area contributed by atoms with E-state index < -0.39 is 0 Å². The van der Waals surface area contributed by atoms with Gasteiger partial charge in [0.05, 0.1) is 19.0 Å². The van der Waals surface area contributed by atoms with E-state index in [9.17, 15) is 0 Å². The average Bonchev–Trinajstić information content (AvgIpc) is 2.49. The van der Waals surface area contributed by atoms with Gasteiger partial charge in [-0.05, 0) is 30.4 Å². The van der Waals surface area contributed by atoms with Crippen LogP contribution in [0.25, 0.3) is 0 Å². The van der Waals surface area contributed by atoms with Gasteiger partial charge in [0.1, 0.15) is 5.75 Å². The maximum atomic E-state index is 5.22. The van der Waals surface area contributed by atoms with Crippen molar-refractivity contribution in [1.82, 2.24) is 10.4 Å². The summed E-state index contributed by atoms with van der Waals surface area (Å²) in [7, 11) is 1.61. The molecule has 0 aliphatic rings. The Bertz CT molecular complexity index is 601. The zero-order valence-corrected chi connectivity index (χ0v) is 11.7. The normalized spacial score (nSPS) is 10.2. The number of pyridine rings is 1. The number of ether oxygens (including phenoxy) is 1. The number of methoxy groups -OCH3 is 1. The molecule has 0 saturated heterocycles. The van der Waals surface area contributed by atoms with Crippen LogP contribution in [0, 0.1) is 0 Å².